The summed E-state index contributed by atoms with van der Waals surface area (Å²) in [6.07, 6.45) is 1.59. The van der Waals surface area contributed by atoms with Crippen molar-refractivity contribution < 1.29 is 8.42 Å². The number of nitrogens with one attached hydrogen (secondary N) is 2. The zero-order valence-corrected chi connectivity index (χ0v) is 12.7. The Balaban J connectivity index is 2.19. The van der Waals surface area contributed by atoms with Gasteiger partial charge in [0.05, 0.1) is 22.8 Å². The molecule has 0 aliphatic heterocycles. The fourth-order valence-electron chi connectivity index (χ4n) is 1.77. The van der Waals surface area contributed by atoms with E-state index < -0.39 is 10.0 Å². The lowest BCUT2D eigenvalue weighted by Crippen LogP contribution is -2.23. The molecule has 0 aliphatic rings. The topological polar surface area (TPSA) is 115 Å². The molecule has 0 radical (unpaired) electrons. The Morgan fingerprint density at radius 1 is 1.38 bits per heavy atom. The van der Waals surface area contributed by atoms with Crippen LogP contribution in [0.3, 0.4) is 0 Å². The Hall–Kier alpha value is -2.13. The largest absolute Gasteiger partial charge is 0.397 e. The molecular weight excluding hydrogens is 292 g/mol. The van der Waals surface area contributed by atoms with Crippen LogP contribution < -0.4 is 15.8 Å². The predicted molar refractivity (Wildman–Crippen MR) is 80.0 cm³/mol. The van der Waals surface area contributed by atoms with E-state index in [2.05, 4.69) is 20.1 Å². The lowest BCUT2D eigenvalue weighted by molar-refractivity contribution is 0.584. The summed E-state index contributed by atoms with van der Waals surface area (Å²) in [7, 11) is -1.74. The number of benzene rings is 1. The second-order valence-corrected chi connectivity index (χ2v) is 6.21. The molecule has 2 rings (SSSR count). The number of aryl methyl sites for hydroxylation is 1. The van der Waals surface area contributed by atoms with Gasteiger partial charge in [-0.2, -0.15) is 5.10 Å². The normalized spacial score (nSPS) is 11.5. The minimum absolute atomic E-state index is 0.162. The molecule has 21 heavy (non-hydrogen) atoms. The molecule has 1 heterocycles. The molecule has 0 saturated carbocycles. The number of nitrogen functional groups attached to an aromatic ring is 1. The zero-order valence-electron chi connectivity index (χ0n) is 11.9. The van der Waals surface area contributed by atoms with Crippen LogP contribution in [0.25, 0.3) is 0 Å². The summed E-state index contributed by atoms with van der Waals surface area (Å²) in [6, 6.07) is 4.52. The first-order chi connectivity index (χ1) is 9.92. The Labute approximate surface area is 123 Å². The summed E-state index contributed by atoms with van der Waals surface area (Å²) >= 11 is 0. The van der Waals surface area contributed by atoms with Gasteiger partial charge in [0.25, 0.3) is 0 Å². The van der Waals surface area contributed by atoms with Crippen molar-refractivity contribution in [3.05, 3.63) is 30.4 Å². The highest BCUT2D eigenvalue weighted by Gasteiger charge is 2.14. The molecule has 2 aromatic rings. The molecule has 0 spiro atoms. The maximum absolute atomic E-state index is 12.0. The van der Waals surface area contributed by atoms with Gasteiger partial charge in [0.1, 0.15) is 6.33 Å². The predicted octanol–water partition coefficient (Wildman–Crippen LogP) is 0.308. The SMILES string of the molecule is CCNS(=O)(=O)c1ccc(N)c(NCc2ncn(C)n2)c1. The van der Waals surface area contributed by atoms with Crippen molar-refractivity contribution in [3.63, 3.8) is 0 Å². The van der Waals surface area contributed by atoms with E-state index in [0.717, 1.165) is 0 Å². The van der Waals surface area contributed by atoms with Crippen LogP contribution in [0.1, 0.15) is 12.7 Å². The van der Waals surface area contributed by atoms with Crippen LogP contribution in [0, 0.1) is 0 Å². The fraction of sp³-hybridized carbons (Fsp3) is 0.333. The highest BCUT2D eigenvalue weighted by atomic mass is 32.2. The second kappa shape index (κ2) is 6.10. The van der Waals surface area contributed by atoms with Gasteiger partial charge < -0.3 is 11.1 Å². The maximum Gasteiger partial charge on any atom is 0.240 e. The highest BCUT2D eigenvalue weighted by Crippen LogP contribution is 2.23. The molecule has 0 fully saturated rings. The molecule has 1 aromatic heterocycles. The van der Waals surface area contributed by atoms with Crippen molar-refractivity contribution >= 4 is 21.4 Å². The number of hydrogen-bond donors (Lipinski definition) is 3. The van der Waals surface area contributed by atoms with E-state index in [1.165, 1.54) is 12.1 Å². The minimum Gasteiger partial charge on any atom is -0.397 e. The van der Waals surface area contributed by atoms with Gasteiger partial charge in [-0.05, 0) is 18.2 Å². The van der Waals surface area contributed by atoms with E-state index in [0.29, 0.717) is 30.3 Å². The van der Waals surface area contributed by atoms with E-state index in [9.17, 15) is 8.42 Å². The van der Waals surface area contributed by atoms with Gasteiger partial charge in [-0.25, -0.2) is 18.1 Å². The highest BCUT2D eigenvalue weighted by molar-refractivity contribution is 7.89. The Morgan fingerprint density at radius 3 is 2.76 bits per heavy atom. The van der Waals surface area contributed by atoms with Gasteiger partial charge in [0, 0.05) is 13.6 Å². The molecule has 9 heteroatoms. The number of rotatable bonds is 6. The molecule has 0 atom stereocenters. The number of nitrogens with two attached hydrogens (primary N) is 1. The van der Waals surface area contributed by atoms with E-state index in [1.54, 1.807) is 31.0 Å². The Bertz CT molecular complexity index is 725. The molecule has 0 aliphatic carbocycles. The molecule has 0 amide bonds. The summed E-state index contributed by atoms with van der Waals surface area (Å²) in [6.45, 7) is 2.41. The van der Waals surface area contributed by atoms with Crippen molar-refractivity contribution in [2.45, 2.75) is 18.4 Å². The monoisotopic (exact) mass is 310 g/mol. The fourth-order valence-corrected chi connectivity index (χ4v) is 2.84. The van der Waals surface area contributed by atoms with Gasteiger partial charge in [-0.15, -0.1) is 0 Å². The molecule has 0 saturated heterocycles. The Kier molecular flexibility index (Phi) is 4.43. The lowest BCUT2D eigenvalue weighted by atomic mass is 10.2. The number of anilines is 2. The van der Waals surface area contributed by atoms with E-state index in [1.807, 2.05) is 0 Å². The summed E-state index contributed by atoms with van der Waals surface area (Å²) in [5.41, 5.74) is 6.84. The van der Waals surface area contributed by atoms with Crippen LogP contribution in [0.5, 0.6) is 0 Å². The third-order valence-electron chi connectivity index (χ3n) is 2.75. The Morgan fingerprint density at radius 2 is 2.14 bits per heavy atom. The first kappa shape index (κ1) is 15.3. The first-order valence-corrected chi connectivity index (χ1v) is 7.88. The van der Waals surface area contributed by atoms with Crippen molar-refractivity contribution in [2.75, 3.05) is 17.6 Å². The van der Waals surface area contributed by atoms with E-state index in [4.69, 9.17) is 5.73 Å². The average molecular weight is 310 g/mol. The van der Waals surface area contributed by atoms with Crippen LogP contribution in [0.4, 0.5) is 11.4 Å². The average Bonchev–Trinajstić information content (AvgIpc) is 2.83. The summed E-state index contributed by atoms with van der Waals surface area (Å²) in [5, 5.41) is 7.17. The number of nitrogens with zero attached hydrogens (tertiary/aromatic N) is 3. The first-order valence-electron chi connectivity index (χ1n) is 6.40. The molecular formula is C12H18N6O2S. The second-order valence-electron chi connectivity index (χ2n) is 4.44. The minimum atomic E-state index is -3.51. The third-order valence-corrected chi connectivity index (χ3v) is 4.30. The van der Waals surface area contributed by atoms with Crippen LogP contribution >= 0.6 is 0 Å². The zero-order chi connectivity index (χ0) is 15.5. The molecule has 8 nitrogen and oxygen atoms in total. The van der Waals surface area contributed by atoms with Gasteiger partial charge in [-0.3, -0.25) is 4.68 Å². The molecule has 0 unspecified atom stereocenters. The lowest BCUT2D eigenvalue weighted by Gasteiger charge is -2.11. The molecule has 0 bridgehead atoms. The number of aromatic nitrogens is 3. The van der Waals surface area contributed by atoms with Gasteiger partial charge >= 0.3 is 0 Å². The van der Waals surface area contributed by atoms with E-state index >= 15 is 0 Å². The molecule has 4 N–H and O–H groups in total. The summed E-state index contributed by atoms with van der Waals surface area (Å²) in [5.74, 6) is 0.594. The number of sulfonamides is 1. The third kappa shape index (κ3) is 3.70. The summed E-state index contributed by atoms with van der Waals surface area (Å²) in [4.78, 5) is 4.24. The van der Waals surface area contributed by atoms with Crippen LogP contribution in [0.15, 0.2) is 29.4 Å². The quantitative estimate of drug-likeness (QED) is 0.661. The smallest absolute Gasteiger partial charge is 0.240 e. The van der Waals surface area contributed by atoms with Gasteiger partial charge in [0.15, 0.2) is 5.82 Å². The maximum atomic E-state index is 12.0. The van der Waals surface area contributed by atoms with Crippen molar-refractivity contribution in [1.82, 2.24) is 19.5 Å². The molecule has 114 valence electrons. The van der Waals surface area contributed by atoms with Gasteiger partial charge in [0.2, 0.25) is 10.0 Å². The molecule has 1 aromatic carbocycles. The van der Waals surface area contributed by atoms with Crippen molar-refractivity contribution in [3.8, 4) is 0 Å². The van der Waals surface area contributed by atoms with Crippen molar-refractivity contribution in [2.24, 2.45) is 7.05 Å². The standard InChI is InChI=1S/C12H18N6O2S/c1-3-16-21(19,20)9-4-5-10(13)11(6-9)14-7-12-15-8-18(2)17-12/h4-6,8,14,16H,3,7,13H2,1-2H3. The van der Waals surface area contributed by atoms with Crippen LogP contribution in [-0.2, 0) is 23.6 Å². The van der Waals surface area contributed by atoms with Crippen LogP contribution in [-0.4, -0.2) is 29.7 Å². The number of hydrogen-bond acceptors (Lipinski definition) is 6. The van der Waals surface area contributed by atoms with Crippen LogP contribution in [0.2, 0.25) is 0 Å². The van der Waals surface area contributed by atoms with E-state index in [-0.39, 0.29) is 4.90 Å². The van der Waals surface area contributed by atoms with Crippen molar-refractivity contribution in [1.29, 1.82) is 0 Å². The van der Waals surface area contributed by atoms with Gasteiger partial charge in [-0.1, -0.05) is 6.92 Å². The summed E-state index contributed by atoms with van der Waals surface area (Å²) < 4.78 is 28.0.